The van der Waals surface area contributed by atoms with E-state index in [0.717, 1.165) is 28.8 Å². The van der Waals surface area contributed by atoms with Crippen LogP contribution in [0.2, 0.25) is 0 Å². The Kier molecular flexibility index (Phi) is 3.90. The van der Waals surface area contributed by atoms with E-state index < -0.39 is 0 Å². The number of thiazole rings is 1. The van der Waals surface area contributed by atoms with Gasteiger partial charge in [-0.05, 0) is 13.3 Å². The zero-order valence-electron chi connectivity index (χ0n) is 9.77. The van der Waals surface area contributed by atoms with E-state index in [1.165, 1.54) is 22.7 Å². The van der Waals surface area contributed by atoms with Crippen LogP contribution in [0.1, 0.15) is 24.0 Å². The van der Waals surface area contributed by atoms with E-state index in [0.29, 0.717) is 6.54 Å². The Morgan fingerprint density at radius 1 is 1.47 bits per heavy atom. The zero-order valence-corrected chi connectivity index (χ0v) is 11.4. The number of rotatable bonds is 5. The molecule has 2 aromatic heterocycles. The van der Waals surface area contributed by atoms with Crippen molar-refractivity contribution in [3.8, 4) is 0 Å². The van der Waals surface area contributed by atoms with Crippen LogP contribution in [-0.2, 0) is 6.54 Å². The normalized spacial score (nSPS) is 10.7. The molecule has 7 heteroatoms. The largest absolute Gasteiger partial charge is 0.360 e. The summed E-state index contributed by atoms with van der Waals surface area (Å²) in [6, 6.07) is 0. The SMILES string of the molecule is CCCNc1nnc(Cn2c(C)csc2=O)s1. The summed E-state index contributed by atoms with van der Waals surface area (Å²) in [5, 5.41) is 14.8. The van der Waals surface area contributed by atoms with E-state index in [1.54, 1.807) is 4.57 Å². The number of anilines is 1. The quantitative estimate of drug-likeness (QED) is 0.902. The first-order chi connectivity index (χ1) is 8.20. The van der Waals surface area contributed by atoms with E-state index in [9.17, 15) is 4.79 Å². The van der Waals surface area contributed by atoms with Gasteiger partial charge in [-0.25, -0.2) is 0 Å². The molecule has 0 aromatic carbocycles. The maximum absolute atomic E-state index is 11.5. The van der Waals surface area contributed by atoms with Gasteiger partial charge in [0.1, 0.15) is 5.01 Å². The van der Waals surface area contributed by atoms with E-state index in [-0.39, 0.29) is 4.87 Å². The Labute approximate surface area is 107 Å². The van der Waals surface area contributed by atoms with Crippen molar-refractivity contribution in [2.75, 3.05) is 11.9 Å². The Hall–Kier alpha value is -1.21. The van der Waals surface area contributed by atoms with Crippen LogP contribution in [0.4, 0.5) is 5.13 Å². The molecular formula is C10H14N4OS2. The zero-order chi connectivity index (χ0) is 12.3. The summed E-state index contributed by atoms with van der Waals surface area (Å²) in [6.45, 7) is 5.43. The van der Waals surface area contributed by atoms with Crippen molar-refractivity contribution in [2.24, 2.45) is 0 Å². The van der Waals surface area contributed by atoms with E-state index in [2.05, 4.69) is 22.4 Å². The molecule has 17 heavy (non-hydrogen) atoms. The maximum Gasteiger partial charge on any atom is 0.307 e. The van der Waals surface area contributed by atoms with E-state index >= 15 is 0 Å². The molecule has 92 valence electrons. The predicted molar refractivity (Wildman–Crippen MR) is 71.1 cm³/mol. The highest BCUT2D eigenvalue weighted by Gasteiger charge is 2.08. The lowest BCUT2D eigenvalue weighted by atomic mass is 10.5. The molecule has 0 aliphatic heterocycles. The molecule has 0 radical (unpaired) electrons. The Balaban J connectivity index is 2.09. The van der Waals surface area contributed by atoms with Gasteiger partial charge in [0.2, 0.25) is 5.13 Å². The number of aromatic nitrogens is 3. The molecule has 1 N–H and O–H groups in total. The summed E-state index contributed by atoms with van der Waals surface area (Å²) in [7, 11) is 0. The minimum absolute atomic E-state index is 0.0563. The third kappa shape index (κ3) is 2.92. The molecule has 0 amide bonds. The molecule has 2 rings (SSSR count). The second-order valence-electron chi connectivity index (χ2n) is 3.66. The van der Waals surface area contributed by atoms with Gasteiger partial charge >= 0.3 is 4.87 Å². The van der Waals surface area contributed by atoms with Crippen LogP contribution < -0.4 is 10.2 Å². The topological polar surface area (TPSA) is 59.8 Å². The van der Waals surface area contributed by atoms with Crippen LogP contribution >= 0.6 is 22.7 Å². The average Bonchev–Trinajstić information content (AvgIpc) is 2.88. The van der Waals surface area contributed by atoms with Gasteiger partial charge in [-0.1, -0.05) is 29.6 Å². The second kappa shape index (κ2) is 5.42. The summed E-state index contributed by atoms with van der Waals surface area (Å²) in [5.74, 6) is 0. The molecular weight excluding hydrogens is 256 g/mol. The first kappa shape index (κ1) is 12.3. The molecule has 0 atom stereocenters. The van der Waals surface area contributed by atoms with Crippen LogP contribution in [-0.4, -0.2) is 21.3 Å². The van der Waals surface area contributed by atoms with E-state index in [1.807, 2.05) is 12.3 Å². The van der Waals surface area contributed by atoms with Gasteiger partial charge in [0.05, 0.1) is 6.54 Å². The van der Waals surface area contributed by atoms with Gasteiger partial charge in [-0.3, -0.25) is 9.36 Å². The highest BCUT2D eigenvalue weighted by molar-refractivity contribution is 7.15. The summed E-state index contributed by atoms with van der Waals surface area (Å²) < 4.78 is 1.72. The summed E-state index contributed by atoms with van der Waals surface area (Å²) in [5.41, 5.74) is 0.971. The van der Waals surface area contributed by atoms with Crippen molar-refractivity contribution in [2.45, 2.75) is 26.8 Å². The number of hydrogen-bond acceptors (Lipinski definition) is 6. The van der Waals surface area contributed by atoms with Crippen molar-refractivity contribution in [1.82, 2.24) is 14.8 Å². The van der Waals surface area contributed by atoms with Gasteiger partial charge in [0.25, 0.3) is 0 Å². The minimum atomic E-state index is 0.0563. The highest BCUT2D eigenvalue weighted by atomic mass is 32.1. The molecule has 0 saturated carbocycles. The molecule has 0 unspecified atom stereocenters. The fraction of sp³-hybridized carbons (Fsp3) is 0.500. The molecule has 0 aliphatic rings. The lowest BCUT2D eigenvalue weighted by molar-refractivity contribution is 0.740. The Bertz CT molecular complexity index is 542. The number of hydrogen-bond donors (Lipinski definition) is 1. The molecule has 2 heterocycles. The first-order valence-electron chi connectivity index (χ1n) is 5.42. The molecule has 2 aromatic rings. The van der Waals surface area contributed by atoms with Gasteiger partial charge in [0.15, 0.2) is 0 Å². The Morgan fingerprint density at radius 3 is 2.94 bits per heavy atom. The van der Waals surface area contributed by atoms with E-state index in [4.69, 9.17) is 0 Å². The third-order valence-electron chi connectivity index (χ3n) is 2.26. The van der Waals surface area contributed by atoms with Gasteiger partial charge in [-0.2, -0.15) is 0 Å². The lowest BCUT2D eigenvalue weighted by Crippen LogP contribution is -2.15. The smallest absolute Gasteiger partial charge is 0.307 e. The predicted octanol–water partition coefficient (Wildman–Crippen LogP) is 1.94. The second-order valence-corrected chi connectivity index (χ2v) is 5.54. The number of nitrogens with one attached hydrogen (secondary N) is 1. The summed E-state index contributed by atoms with van der Waals surface area (Å²) in [6.07, 6.45) is 1.05. The summed E-state index contributed by atoms with van der Waals surface area (Å²) in [4.78, 5) is 11.6. The minimum Gasteiger partial charge on any atom is -0.360 e. The molecule has 0 fully saturated rings. The van der Waals surface area contributed by atoms with Crippen LogP contribution in [0.25, 0.3) is 0 Å². The molecule has 0 aliphatic carbocycles. The van der Waals surface area contributed by atoms with Crippen molar-refractivity contribution in [3.63, 3.8) is 0 Å². The highest BCUT2D eigenvalue weighted by Crippen LogP contribution is 2.16. The van der Waals surface area contributed by atoms with Gasteiger partial charge in [0, 0.05) is 17.6 Å². The van der Waals surface area contributed by atoms with Crippen LogP contribution in [0.15, 0.2) is 10.2 Å². The maximum atomic E-state index is 11.5. The standard InChI is InChI=1S/C10H14N4OS2/c1-3-4-11-9-13-12-8(17-9)5-14-7(2)6-16-10(14)15/h6H,3-5H2,1-2H3,(H,11,13). The molecule has 5 nitrogen and oxygen atoms in total. The monoisotopic (exact) mass is 270 g/mol. The fourth-order valence-electron chi connectivity index (χ4n) is 1.35. The number of nitrogens with zero attached hydrogens (tertiary/aromatic N) is 3. The van der Waals surface area contributed by atoms with Crippen molar-refractivity contribution < 1.29 is 0 Å². The van der Waals surface area contributed by atoms with Gasteiger partial charge < -0.3 is 5.32 Å². The lowest BCUT2D eigenvalue weighted by Gasteiger charge is -1.99. The fourth-order valence-corrected chi connectivity index (χ4v) is 2.84. The molecule has 0 bridgehead atoms. The van der Waals surface area contributed by atoms with Crippen molar-refractivity contribution in [3.05, 3.63) is 25.7 Å². The van der Waals surface area contributed by atoms with Gasteiger partial charge in [-0.15, -0.1) is 10.2 Å². The third-order valence-corrected chi connectivity index (χ3v) is 4.01. The van der Waals surface area contributed by atoms with Crippen molar-refractivity contribution in [1.29, 1.82) is 0 Å². The van der Waals surface area contributed by atoms with Crippen LogP contribution in [0, 0.1) is 6.92 Å². The van der Waals surface area contributed by atoms with Crippen molar-refractivity contribution >= 4 is 27.8 Å². The first-order valence-corrected chi connectivity index (χ1v) is 7.11. The summed E-state index contributed by atoms with van der Waals surface area (Å²) >= 11 is 2.72. The molecule has 0 saturated heterocycles. The molecule has 0 spiro atoms. The Morgan fingerprint density at radius 2 is 2.29 bits per heavy atom. The van der Waals surface area contributed by atoms with Crippen LogP contribution in [0.5, 0.6) is 0 Å². The average molecular weight is 270 g/mol. The number of aryl methyl sites for hydroxylation is 1. The van der Waals surface area contributed by atoms with Crippen LogP contribution in [0.3, 0.4) is 0 Å².